The molecule has 128 valence electrons. The number of ether oxygens (including phenoxy) is 1. The number of rotatable bonds is 3. The zero-order valence-corrected chi connectivity index (χ0v) is 13.5. The van der Waals surface area contributed by atoms with Crippen molar-refractivity contribution >= 4 is 5.69 Å². The highest BCUT2D eigenvalue weighted by atomic mass is 19.3. The van der Waals surface area contributed by atoms with E-state index >= 15 is 0 Å². The molecule has 0 aromatic heterocycles. The number of halogens is 3. The predicted octanol–water partition coefficient (Wildman–Crippen LogP) is 3.93. The Kier molecular flexibility index (Phi) is 4.45. The quantitative estimate of drug-likeness (QED) is 0.910. The Morgan fingerprint density at radius 3 is 2.70 bits per heavy atom. The van der Waals surface area contributed by atoms with Crippen LogP contribution in [-0.2, 0) is 0 Å². The summed E-state index contributed by atoms with van der Waals surface area (Å²) in [7, 11) is 0. The molecular formula is C17H23F3N2O. The topological polar surface area (TPSA) is 24.5 Å². The number of hydrogen-bond donors (Lipinski definition) is 1. The summed E-state index contributed by atoms with van der Waals surface area (Å²) in [5, 5.41) is 3.69. The Morgan fingerprint density at radius 1 is 1.26 bits per heavy atom. The molecule has 1 saturated heterocycles. The summed E-state index contributed by atoms with van der Waals surface area (Å²) < 4.78 is 42.8. The maximum Gasteiger partial charge on any atom is 0.387 e. The summed E-state index contributed by atoms with van der Waals surface area (Å²) in [5.74, 6) is -1.15. The molecule has 2 fully saturated rings. The normalized spacial score (nSPS) is 27.0. The van der Waals surface area contributed by atoms with Crippen LogP contribution in [-0.4, -0.2) is 30.8 Å². The van der Waals surface area contributed by atoms with Crippen molar-refractivity contribution in [2.24, 2.45) is 0 Å². The van der Waals surface area contributed by atoms with Crippen molar-refractivity contribution in [3.05, 3.63) is 24.0 Å². The summed E-state index contributed by atoms with van der Waals surface area (Å²) in [6.07, 6.45) is 4.53. The highest BCUT2D eigenvalue weighted by Crippen LogP contribution is 2.35. The van der Waals surface area contributed by atoms with E-state index in [4.69, 9.17) is 0 Å². The Labute approximate surface area is 134 Å². The smallest absolute Gasteiger partial charge is 0.387 e. The molecule has 1 aliphatic heterocycles. The summed E-state index contributed by atoms with van der Waals surface area (Å²) in [4.78, 5) is 2.22. The number of fused-ring (bicyclic) bond motifs is 1. The SMILES string of the molecule is CC1(C)CN(c2ccc(OC(F)F)c(F)c2)C2CCCC[C@@H]2N1. The van der Waals surface area contributed by atoms with Crippen LogP contribution < -0.4 is 15.0 Å². The van der Waals surface area contributed by atoms with Crippen LogP contribution >= 0.6 is 0 Å². The van der Waals surface area contributed by atoms with Crippen LogP contribution in [0.4, 0.5) is 18.9 Å². The summed E-state index contributed by atoms with van der Waals surface area (Å²) >= 11 is 0. The van der Waals surface area contributed by atoms with Crippen molar-refractivity contribution in [3.8, 4) is 5.75 Å². The number of hydrogen-bond acceptors (Lipinski definition) is 3. The second-order valence-electron chi connectivity index (χ2n) is 7.11. The van der Waals surface area contributed by atoms with Gasteiger partial charge < -0.3 is 15.0 Å². The van der Waals surface area contributed by atoms with E-state index in [0.29, 0.717) is 12.1 Å². The van der Waals surface area contributed by atoms with Crippen molar-refractivity contribution in [1.82, 2.24) is 5.32 Å². The molecule has 0 amide bonds. The number of anilines is 1. The fourth-order valence-electron chi connectivity index (χ4n) is 3.89. The largest absolute Gasteiger partial charge is 0.432 e. The summed E-state index contributed by atoms with van der Waals surface area (Å²) in [6, 6.07) is 4.98. The molecule has 23 heavy (non-hydrogen) atoms. The maximum absolute atomic E-state index is 14.1. The van der Waals surface area contributed by atoms with Crippen LogP contribution in [0, 0.1) is 5.82 Å². The predicted molar refractivity (Wildman–Crippen MR) is 83.6 cm³/mol. The molecule has 3 nitrogen and oxygen atoms in total. The van der Waals surface area contributed by atoms with Gasteiger partial charge in [0.05, 0.1) is 0 Å². The van der Waals surface area contributed by atoms with E-state index in [9.17, 15) is 13.2 Å². The zero-order chi connectivity index (χ0) is 16.6. The molecule has 1 aromatic carbocycles. The molecule has 1 aliphatic carbocycles. The van der Waals surface area contributed by atoms with Gasteiger partial charge in [0.25, 0.3) is 0 Å². The minimum atomic E-state index is -3.02. The van der Waals surface area contributed by atoms with Gasteiger partial charge in [-0.25, -0.2) is 4.39 Å². The number of nitrogens with zero attached hydrogens (tertiary/aromatic N) is 1. The summed E-state index contributed by atoms with van der Waals surface area (Å²) in [6.45, 7) is 2.00. The lowest BCUT2D eigenvalue weighted by atomic mass is 9.83. The van der Waals surface area contributed by atoms with Gasteiger partial charge in [0, 0.05) is 35.9 Å². The average Bonchev–Trinajstić information content (AvgIpc) is 2.47. The van der Waals surface area contributed by atoms with Crippen molar-refractivity contribution in [2.45, 2.75) is 63.8 Å². The van der Waals surface area contributed by atoms with Gasteiger partial charge in [0.1, 0.15) is 0 Å². The second kappa shape index (κ2) is 6.23. The average molecular weight is 328 g/mol. The van der Waals surface area contributed by atoms with Crippen molar-refractivity contribution in [1.29, 1.82) is 0 Å². The van der Waals surface area contributed by atoms with E-state index < -0.39 is 18.2 Å². The number of benzene rings is 1. The van der Waals surface area contributed by atoms with Gasteiger partial charge in [-0.1, -0.05) is 12.8 Å². The lowest BCUT2D eigenvalue weighted by Gasteiger charge is -2.52. The standard InChI is InChI=1S/C17H23F3N2O/c1-17(2)10-22(14-6-4-3-5-13(14)21-17)11-7-8-15(12(18)9-11)23-16(19)20/h7-9,13-14,16,21H,3-6,10H2,1-2H3/t13-,14?/m0/s1. The lowest BCUT2D eigenvalue weighted by molar-refractivity contribution is -0.0521. The maximum atomic E-state index is 14.1. The molecule has 2 aliphatic rings. The molecule has 3 rings (SSSR count). The highest BCUT2D eigenvalue weighted by Gasteiger charge is 2.40. The summed E-state index contributed by atoms with van der Waals surface area (Å²) in [5.41, 5.74) is 0.656. The molecule has 0 spiro atoms. The third-order valence-electron chi connectivity index (χ3n) is 4.73. The minimum absolute atomic E-state index is 0.0763. The Hall–Kier alpha value is -1.43. The van der Waals surface area contributed by atoms with Gasteiger partial charge in [-0.15, -0.1) is 0 Å². The van der Waals surface area contributed by atoms with Crippen LogP contribution in [0.1, 0.15) is 39.5 Å². The first-order chi connectivity index (χ1) is 10.9. The Morgan fingerprint density at radius 2 is 2.00 bits per heavy atom. The molecule has 0 bridgehead atoms. The van der Waals surface area contributed by atoms with Gasteiger partial charge in [0.15, 0.2) is 11.6 Å². The van der Waals surface area contributed by atoms with Gasteiger partial charge in [-0.05, 0) is 38.8 Å². The highest BCUT2D eigenvalue weighted by molar-refractivity contribution is 5.52. The molecule has 1 aromatic rings. The van der Waals surface area contributed by atoms with E-state index in [1.54, 1.807) is 6.07 Å². The van der Waals surface area contributed by atoms with Gasteiger partial charge >= 0.3 is 6.61 Å². The van der Waals surface area contributed by atoms with E-state index in [-0.39, 0.29) is 5.54 Å². The molecule has 2 atom stereocenters. The second-order valence-corrected chi connectivity index (χ2v) is 7.11. The van der Waals surface area contributed by atoms with Gasteiger partial charge in [-0.3, -0.25) is 0 Å². The van der Waals surface area contributed by atoms with E-state index in [0.717, 1.165) is 31.5 Å². The van der Waals surface area contributed by atoms with E-state index in [1.165, 1.54) is 18.6 Å². The van der Waals surface area contributed by atoms with Crippen molar-refractivity contribution < 1.29 is 17.9 Å². The minimum Gasteiger partial charge on any atom is -0.432 e. The van der Waals surface area contributed by atoms with Crippen LogP contribution in [0.15, 0.2) is 18.2 Å². The monoisotopic (exact) mass is 328 g/mol. The van der Waals surface area contributed by atoms with Crippen molar-refractivity contribution in [2.75, 3.05) is 11.4 Å². The third kappa shape index (κ3) is 3.57. The fourth-order valence-corrected chi connectivity index (χ4v) is 3.89. The van der Waals surface area contributed by atoms with Crippen LogP contribution in [0.25, 0.3) is 0 Å². The number of alkyl halides is 2. The van der Waals surface area contributed by atoms with E-state index in [1.807, 2.05) is 0 Å². The molecule has 1 heterocycles. The number of nitrogens with one attached hydrogen (secondary N) is 1. The first-order valence-corrected chi connectivity index (χ1v) is 8.14. The van der Waals surface area contributed by atoms with Gasteiger partial charge in [0.2, 0.25) is 0 Å². The lowest BCUT2D eigenvalue weighted by Crippen LogP contribution is -2.67. The van der Waals surface area contributed by atoms with Crippen LogP contribution in [0.5, 0.6) is 5.75 Å². The third-order valence-corrected chi connectivity index (χ3v) is 4.73. The molecule has 0 radical (unpaired) electrons. The van der Waals surface area contributed by atoms with Crippen LogP contribution in [0.2, 0.25) is 0 Å². The molecular weight excluding hydrogens is 305 g/mol. The fraction of sp³-hybridized carbons (Fsp3) is 0.647. The molecule has 1 saturated carbocycles. The Balaban J connectivity index is 1.87. The molecule has 6 heteroatoms. The molecule has 1 N–H and O–H groups in total. The van der Waals surface area contributed by atoms with Gasteiger partial charge in [-0.2, -0.15) is 8.78 Å². The molecule has 1 unspecified atom stereocenters. The first kappa shape index (κ1) is 16.4. The first-order valence-electron chi connectivity index (χ1n) is 8.14. The number of piperazine rings is 1. The van der Waals surface area contributed by atoms with E-state index in [2.05, 4.69) is 28.8 Å². The van der Waals surface area contributed by atoms with Crippen molar-refractivity contribution in [3.63, 3.8) is 0 Å². The zero-order valence-electron chi connectivity index (χ0n) is 13.5. The van der Waals surface area contributed by atoms with Crippen LogP contribution in [0.3, 0.4) is 0 Å². The Bertz CT molecular complexity index is 565.